The third-order valence-electron chi connectivity index (χ3n) is 3.50. The molecule has 0 spiro atoms. The predicted octanol–water partition coefficient (Wildman–Crippen LogP) is 0.864. The number of nitrogens with one attached hydrogen (secondary N) is 2. The molecule has 2 heterocycles. The summed E-state index contributed by atoms with van der Waals surface area (Å²) in [6.07, 6.45) is 1.10. The quantitative estimate of drug-likeness (QED) is 0.696. The molecule has 4 nitrogen and oxygen atoms in total. The van der Waals surface area contributed by atoms with Crippen molar-refractivity contribution < 1.29 is 4.79 Å². The summed E-state index contributed by atoms with van der Waals surface area (Å²) in [7, 11) is 0. The Balaban J connectivity index is 2.05. The standard InChI is InChI=1S/C13H17N3O/c1-9-2-3-11-10(8-9)13(17)15-12-4-5-14-6-7-16(11)12/h2-3,8,12,14H,4-7H2,1H3,(H,15,17)/t12-/m0/s1. The smallest absolute Gasteiger partial charge is 0.254 e. The molecule has 0 radical (unpaired) electrons. The summed E-state index contributed by atoms with van der Waals surface area (Å²) in [6.45, 7) is 4.90. The van der Waals surface area contributed by atoms with Gasteiger partial charge in [-0.25, -0.2) is 0 Å². The minimum Gasteiger partial charge on any atom is -0.349 e. The van der Waals surface area contributed by atoms with E-state index in [9.17, 15) is 4.79 Å². The minimum absolute atomic E-state index is 0.0619. The van der Waals surface area contributed by atoms with E-state index in [4.69, 9.17) is 0 Å². The molecule has 0 unspecified atom stereocenters. The maximum absolute atomic E-state index is 12.0. The summed E-state index contributed by atoms with van der Waals surface area (Å²) < 4.78 is 0. The second-order valence-electron chi connectivity index (χ2n) is 4.74. The van der Waals surface area contributed by atoms with E-state index in [0.29, 0.717) is 0 Å². The summed E-state index contributed by atoms with van der Waals surface area (Å²) in [6, 6.07) is 6.12. The lowest BCUT2D eigenvalue weighted by atomic mass is 10.0. The Labute approximate surface area is 101 Å². The summed E-state index contributed by atoms with van der Waals surface area (Å²) in [5.74, 6) is 0.0619. The van der Waals surface area contributed by atoms with Crippen LogP contribution in [0.2, 0.25) is 0 Å². The molecule has 1 amide bonds. The van der Waals surface area contributed by atoms with Crippen molar-refractivity contribution in [3.63, 3.8) is 0 Å². The zero-order chi connectivity index (χ0) is 11.8. The first-order valence-electron chi connectivity index (χ1n) is 6.14. The largest absolute Gasteiger partial charge is 0.349 e. The van der Waals surface area contributed by atoms with Crippen molar-refractivity contribution in [3.05, 3.63) is 29.3 Å². The molecule has 1 aromatic carbocycles. The molecule has 1 saturated heterocycles. The average Bonchev–Trinajstić information content (AvgIpc) is 2.54. The third-order valence-corrected chi connectivity index (χ3v) is 3.50. The van der Waals surface area contributed by atoms with Gasteiger partial charge in [0, 0.05) is 13.1 Å². The van der Waals surface area contributed by atoms with Gasteiger partial charge >= 0.3 is 0 Å². The number of nitrogens with zero attached hydrogens (tertiary/aromatic N) is 1. The predicted molar refractivity (Wildman–Crippen MR) is 67.3 cm³/mol. The highest BCUT2D eigenvalue weighted by Gasteiger charge is 2.31. The molecule has 0 aliphatic carbocycles. The van der Waals surface area contributed by atoms with Crippen molar-refractivity contribution >= 4 is 11.6 Å². The van der Waals surface area contributed by atoms with Crippen LogP contribution in [0.15, 0.2) is 18.2 Å². The van der Waals surface area contributed by atoms with Gasteiger partial charge in [0.15, 0.2) is 0 Å². The van der Waals surface area contributed by atoms with Crippen LogP contribution in [-0.2, 0) is 0 Å². The SMILES string of the molecule is Cc1ccc2c(c1)C(=O)N[C@@H]1CCNCCN21. The molecule has 0 bridgehead atoms. The normalized spacial score (nSPS) is 23.5. The lowest BCUT2D eigenvalue weighted by Crippen LogP contribution is -2.53. The van der Waals surface area contributed by atoms with E-state index in [1.54, 1.807) is 0 Å². The molecule has 0 aromatic heterocycles. The van der Waals surface area contributed by atoms with Gasteiger partial charge in [-0.3, -0.25) is 4.79 Å². The number of carbonyl (C=O) groups is 1. The number of hydrogen-bond donors (Lipinski definition) is 2. The molecule has 90 valence electrons. The van der Waals surface area contributed by atoms with E-state index in [0.717, 1.165) is 42.9 Å². The molecule has 0 saturated carbocycles. The molecular formula is C13H17N3O. The van der Waals surface area contributed by atoms with Gasteiger partial charge in [0.2, 0.25) is 0 Å². The van der Waals surface area contributed by atoms with Gasteiger partial charge in [-0.15, -0.1) is 0 Å². The number of fused-ring (bicyclic) bond motifs is 3. The summed E-state index contributed by atoms with van der Waals surface area (Å²) in [5, 5.41) is 6.46. The summed E-state index contributed by atoms with van der Waals surface area (Å²) >= 11 is 0. The molecule has 2 N–H and O–H groups in total. The number of aryl methyl sites for hydroxylation is 1. The van der Waals surface area contributed by atoms with E-state index in [-0.39, 0.29) is 12.1 Å². The molecule has 1 aromatic rings. The highest BCUT2D eigenvalue weighted by molar-refractivity contribution is 6.02. The lowest BCUT2D eigenvalue weighted by Gasteiger charge is -2.37. The maximum Gasteiger partial charge on any atom is 0.254 e. The Morgan fingerprint density at radius 3 is 3.12 bits per heavy atom. The van der Waals surface area contributed by atoms with Crippen molar-refractivity contribution in [1.29, 1.82) is 0 Å². The Hall–Kier alpha value is -1.55. The molecule has 2 aliphatic rings. The van der Waals surface area contributed by atoms with E-state index in [1.165, 1.54) is 0 Å². The van der Waals surface area contributed by atoms with Gasteiger partial charge in [-0.2, -0.15) is 0 Å². The zero-order valence-corrected chi connectivity index (χ0v) is 9.99. The lowest BCUT2D eigenvalue weighted by molar-refractivity contribution is 0.0926. The van der Waals surface area contributed by atoms with Crippen LogP contribution >= 0.6 is 0 Å². The van der Waals surface area contributed by atoms with E-state index in [1.807, 2.05) is 13.0 Å². The fourth-order valence-corrected chi connectivity index (χ4v) is 2.62. The zero-order valence-electron chi connectivity index (χ0n) is 9.99. The summed E-state index contributed by atoms with van der Waals surface area (Å²) in [5.41, 5.74) is 3.02. The van der Waals surface area contributed by atoms with Crippen LogP contribution in [0.3, 0.4) is 0 Å². The van der Waals surface area contributed by atoms with E-state index in [2.05, 4.69) is 27.7 Å². The topological polar surface area (TPSA) is 44.4 Å². The van der Waals surface area contributed by atoms with E-state index < -0.39 is 0 Å². The molecule has 1 fully saturated rings. The second kappa shape index (κ2) is 4.04. The number of hydrogen-bond acceptors (Lipinski definition) is 3. The van der Waals surface area contributed by atoms with Crippen LogP contribution < -0.4 is 15.5 Å². The highest BCUT2D eigenvalue weighted by atomic mass is 16.2. The number of carbonyl (C=O) groups excluding carboxylic acids is 1. The Bertz CT molecular complexity index is 458. The van der Waals surface area contributed by atoms with Crippen LogP contribution in [0.25, 0.3) is 0 Å². The van der Waals surface area contributed by atoms with Crippen molar-refractivity contribution in [2.75, 3.05) is 24.5 Å². The van der Waals surface area contributed by atoms with Crippen LogP contribution in [0.4, 0.5) is 5.69 Å². The molecule has 2 aliphatic heterocycles. The monoisotopic (exact) mass is 231 g/mol. The van der Waals surface area contributed by atoms with Gasteiger partial charge in [0.05, 0.1) is 11.3 Å². The Morgan fingerprint density at radius 1 is 1.35 bits per heavy atom. The first kappa shape index (κ1) is 10.6. The van der Waals surface area contributed by atoms with Gasteiger partial charge in [0.1, 0.15) is 6.17 Å². The van der Waals surface area contributed by atoms with Crippen molar-refractivity contribution in [3.8, 4) is 0 Å². The van der Waals surface area contributed by atoms with Gasteiger partial charge < -0.3 is 15.5 Å². The number of rotatable bonds is 0. The molecule has 4 heteroatoms. The van der Waals surface area contributed by atoms with Crippen molar-refractivity contribution in [2.45, 2.75) is 19.5 Å². The maximum atomic E-state index is 12.0. The third kappa shape index (κ3) is 1.78. The molecule has 17 heavy (non-hydrogen) atoms. The average molecular weight is 231 g/mol. The molecule has 3 rings (SSSR count). The van der Waals surface area contributed by atoms with E-state index >= 15 is 0 Å². The Morgan fingerprint density at radius 2 is 2.24 bits per heavy atom. The first-order chi connectivity index (χ1) is 8.25. The van der Waals surface area contributed by atoms with Crippen LogP contribution in [0, 0.1) is 6.92 Å². The van der Waals surface area contributed by atoms with Crippen LogP contribution in [0.5, 0.6) is 0 Å². The minimum atomic E-state index is 0.0619. The van der Waals surface area contributed by atoms with Crippen molar-refractivity contribution in [2.24, 2.45) is 0 Å². The number of anilines is 1. The van der Waals surface area contributed by atoms with Gasteiger partial charge in [-0.1, -0.05) is 11.6 Å². The Kier molecular flexibility index (Phi) is 2.52. The van der Waals surface area contributed by atoms with Gasteiger partial charge in [-0.05, 0) is 32.0 Å². The second-order valence-corrected chi connectivity index (χ2v) is 4.74. The number of benzene rings is 1. The fraction of sp³-hybridized carbons (Fsp3) is 0.462. The van der Waals surface area contributed by atoms with Crippen LogP contribution in [-0.4, -0.2) is 31.7 Å². The fourth-order valence-electron chi connectivity index (χ4n) is 2.62. The van der Waals surface area contributed by atoms with Crippen LogP contribution in [0.1, 0.15) is 22.3 Å². The molecular weight excluding hydrogens is 214 g/mol. The first-order valence-corrected chi connectivity index (χ1v) is 6.14. The van der Waals surface area contributed by atoms with Gasteiger partial charge in [0.25, 0.3) is 5.91 Å². The summed E-state index contributed by atoms with van der Waals surface area (Å²) in [4.78, 5) is 14.3. The number of amides is 1. The highest BCUT2D eigenvalue weighted by Crippen LogP contribution is 2.28. The van der Waals surface area contributed by atoms with Crippen molar-refractivity contribution in [1.82, 2.24) is 10.6 Å². The molecule has 1 atom stereocenters.